The second-order valence-electron chi connectivity index (χ2n) is 4.88. The van der Waals surface area contributed by atoms with Crippen LogP contribution in [0.1, 0.15) is 18.9 Å². The summed E-state index contributed by atoms with van der Waals surface area (Å²) in [7, 11) is 0. The van der Waals surface area contributed by atoms with Gasteiger partial charge in [-0.2, -0.15) is 0 Å². The van der Waals surface area contributed by atoms with Crippen molar-refractivity contribution in [2.75, 3.05) is 18.4 Å². The number of anilines is 1. The number of benzene rings is 1. The van der Waals surface area contributed by atoms with Gasteiger partial charge in [-0.1, -0.05) is 12.1 Å². The fraction of sp³-hybridized carbons (Fsp3) is 0.357. The number of rotatable bonds is 4. The summed E-state index contributed by atoms with van der Waals surface area (Å²) in [4.78, 5) is 23.1. The highest BCUT2D eigenvalue weighted by Gasteiger charge is 2.17. The first-order chi connectivity index (χ1) is 10.0. The molecule has 1 saturated heterocycles. The Bertz CT molecular complexity index is 554. The van der Waals surface area contributed by atoms with Gasteiger partial charge in [0.05, 0.1) is 4.92 Å². The second-order valence-corrected chi connectivity index (χ2v) is 4.88. The van der Waals surface area contributed by atoms with Crippen LogP contribution in [0.15, 0.2) is 36.3 Å². The minimum atomic E-state index is -0.444. The van der Waals surface area contributed by atoms with Crippen molar-refractivity contribution in [2.24, 2.45) is 0 Å². The number of hydrogen-bond acceptors (Lipinski definition) is 5. The molecule has 0 atom stereocenters. The maximum atomic E-state index is 11.0. The molecule has 2 N–H and O–H groups in total. The predicted octanol–water partition coefficient (Wildman–Crippen LogP) is 1.52. The lowest BCUT2D eigenvalue weighted by Crippen LogP contribution is -2.39. The molecule has 1 fully saturated rings. The van der Waals surface area contributed by atoms with E-state index in [-0.39, 0.29) is 5.91 Å². The first-order valence-electron chi connectivity index (χ1n) is 6.75. The number of nitrogens with one attached hydrogen (secondary N) is 2. The highest BCUT2D eigenvalue weighted by atomic mass is 16.6. The molecule has 0 spiro atoms. The standard InChI is InChI=1S/C14H18N4O3/c1-11(19)16-13-5-3-12(4-6-13)9-17-8-2-7-15-14(17)10-18(20)21/h3-6,10,15H,2,7-9H2,1H3,(H,16,19). The molecule has 2 rings (SSSR count). The third-order valence-electron chi connectivity index (χ3n) is 3.13. The molecular formula is C14H18N4O3. The molecule has 1 heterocycles. The average Bonchev–Trinajstić information content (AvgIpc) is 2.42. The number of nitro groups is 1. The predicted molar refractivity (Wildman–Crippen MR) is 78.9 cm³/mol. The van der Waals surface area contributed by atoms with Crippen LogP contribution in [0.5, 0.6) is 0 Å². The monoisotopic (exact) mass is 290 g/mol. The van der Waals surface area contributed by atoms with E-state index in [2.05, 4.69) is 10.6 Å². The first kappa shape index (κ1) is 14.8. The van der Waals surface area contributed by atoms with Crippen LogP contribution in [-0.4, -0.2) is 28.8 Å². The number of nitrogens with zero attached hydrogens (tertiary/aromatic N) is 2. The quantitative estimate of drug-likeness (QED) is 0.648. The van der Waals surface area contributed by atoms with Crippen LogP contribution in [-0.2, 0) is 11.3 Å². The maximum Gasteiger partial charge on any atom is 0.274 e. The maximum absolute atomic E-state index is 11.0. The van der Waals surface area contributed by atoms with Crippen molar-refractivity contribution in [3.8, 4) is 0 Å². The van der Waals surface area contributed by atoms with Crippen molar-refractivity contribution in [2.45, 2.75) is 19.9 Å². The van der Waals surface area contributed by atoms with Gasteiger partial charge in [-0.05, 0) is 24.1 Å². The highest BCUT2D eigenvalue weighted by molar-refractivity contribution is 5.88. The molecule has 0 radical (unpaired) electrons. The Morgan fingerprint density at radius 2 is 2.19 bits per heavy atom. The van der Waals surface area contributed by atoms with Gasteiger partial charge < -0.3 is 15.5 Å². The van der Waals surface area contributed by atoms with E-state index in [1.165, 1.54) is 6.92 Å². The van der Waals surface area contributed by atoms with Gasteiger partial charge in [0.1, 0.15) is 0 Å². The molecule has 0 bridgehead atoms. The Hall–Kier alpha value is -2.57. The van der Waals surface area contributed by atoms with Crippen LogP contribution in [0.3, 0.4) is 0 Å². The van der Waals surface area contributed by atoms with Crippen LogP contribution in [0.25, 0.3) is 0 Å². The van der Waals surface area contributed by atoms with Gasteiger partial charge in [0, 0.05) is 32.2 Å². The molecule has 1 amide bonds. The van der Waals surface area contributed by atoms with E-state index in [0.717, 1.165) is 37.0 Å². The topological polar surface area (TPSA) is 87.5 Å². The summed E-state index contributed by atoms with van der Waals surface area (Å²) in [6.45, 7) is 3.58. The molecule has 7 heteroatoms. The van der Waals surface area contributed by atoms with Gasteiger partial charge in [-0.15, -0.1) is 0 Å². The summed E-state index contributed by atoms with van der Waals surface area (Å²) >= 11 is 0. The Morgan fingerprint density at radius 3 is 2.81 bits per heavy atom. The fourth-order valence-electron chi connectivity index (χ4n) is 2.23. The lowest BCUT2D eigenvalue weighted by molar-refractivity contribution is -0.405. The highest BCUT2D eigenvalue weighted by Crippen LogP contribution is 2.16. The van der Waals surface area contributed by atoms with E-state index in [9.17, 15) is 14.9 Å². The Labute approximate surface area is 122 Å². The molecule has 112 valence electrons. The van der Waals surface area contributed by atoms with Crippen molar-refractivity contribution in [1.29, 1.82) is 0 Å². The van der Waals surface area contributed by atoms with Crippen molar-refractivity contribution in [3.63, 3.8) is 0 Å². The number of carbonyl (C=O) groups is 1. The van der Waals surface area contributed by atoms with Crippen LogP contribution in [0, 0.1) is 10.1 Å². The largest absolute Gasteiger partial charge is 0.367 e. The van der Waals surface area contributed by atoms with Crippen molar-refractivity contribution < 1.29 is 9.72 Å². The zero-order chi connectivity index (χ0) is 15.2. The minimum absolute atomic E-state index is 0.112. The van der Waals surface area contributed by atoms with Gasteiger partial charge in [0.2, 0.25) is 5.91 Å². The Kier molecular flexibility index (Phi) is 4.76. The van der Waals surface area contributed by atoms with E-state index >= 15 is 0 Å². The third kappa shape index (κ3) is 4.48. The lowest BCUT2D eigenvalue weighted by atomic mass is 10.1. The summed E-state index contributed by atoms with van der Waals surface area (Å²) in [6, 6.07) is 7.46. The Morgan fingerprint density at radius 1 is 1.48 bits per heavy atom. The van der Waals surface area contributed by atoms with Crippen LogP contribution >= 0.6 is 0 Å². The minimum Gasteiger partial charge on any atom is -0.367 e. The summed E-state index contributed by atoms with van der Waals surface area (Å²) in [5.41, 5.74) is 1.77. The van der Waals surface area contributed by atoms with Gasteiger partial charge >= 0.3 is 0 Å². The van der Waals surface area contributed by atoms with Gasteiger partial charge in [-0.25, -0.2) is 0 Å². The van der Waals surface area contributed by atoms with E-state index in [0.29, 0.717) is 12.4 Å². The number of hydrogen-bond donors (Lipinski definition) is 2. The zero-order valence-corrected chi connectivity index (χ0v) is 11.8. The van der Waals surface area contributed by atoms with Crippen molar-refractivity contribution in [1.82, 2.24) is 10.2 Å². The van der Waals surface area contributed by atoms with Crippen LogP contribution < -0.4 is 10.6 Å². The summed E-state index contributed by atoms with van der Waals surface area (Å²) in [6.07, 6.45) is 1.95. The Balaban J connectivity index is 2.05. The molecule has 1 aliphatic heterocycles. The first-order valence-corrected chi connectivity index (χ1v) is 6.75. The SMILES string of the molecule is CC(=O)Nc1ccc(CN2CCCNC2=C[N+](=O)[O-])cc1. The summed E-state index contributed by atoms with van der Waals surface area (Å²) < 4.78 is 0. The van der Waals surface area contributed by atoms with E-state index < -0.39 is 4.92 Å². The van der Waals surface area contributed by atoms with Crippen molar-refractivity contribution >= 4 is 11.6 Å². The number of carbonyl (C=O) groups excluding carboxylic acids is 1. The van der Waals surface area contributed by atoms with Gasteiger partial charge in [0.25, 0.3) is 6.20 Å². The summed E-state index contributed by atoms with van der Waals surface area (Å²) in [5, 5.41) is 16.4. The van der Waals surface area contributed by atoms with E-state index in [1.807, 2.05) is 29.2 Å². The molecular weight excluding hydrogens is 272 g/mol. The lowest BCUT2D eigenvalue weighted by Gasteiger charge is -2.30. The smallest absolute Gasteiger partial charge is 0.274 e. The number of amides is 1. The second kappa shape index (κ2) is 6.74. The van der Waals surface area contributed by atoms with Crippen LogP contribution in [0.4, 0.5) is 5.69 Å². The van der Waals surface area contributed by atoms with E-state index in [1.54, 1.807) is 0 Å². The van der Waals surface area contributed by atoms with Crippen molar-refractivity contribution in [3.05, 3.63) is 52.0 Å². The average molecular weight is 290 g/mol. The summed E-state index contributed by atoms with van der Waals surface area (Å²) in [5.74, 6) is 0.427. The normalized spacial score (nSPS) is 16.4. The molecule has 1 aromatic rings. The molecule has 0 saturated carbocycles. The molecule has 21 heavy (non-hydrogen) atoms. The fourth-order valence-corrected chi connectivity index (χ4v) is 2.23. The van der Waals surface area contributed by atoms with Gasteiger partial charge in [-0.3, -0.25) is 14.9 Å². The third-order valence-corrected chi connectivity index (χ3v) is 3.13. The molecule has 7 nitrogen and oxygen atoms in total. The zero-order valence-electron chi connectivity index (χ0n) is 11.8. The molecule has 0 aromatic heterocycles. The van der Waals surface area contributed by atoms with Crippen LogP contribution in [0.2, 0.25) is 0 Å². The molecule has 1 aliphatic rings. The molecule has 0 aliphatic carbocycles. The molecule has 1 aromatic carbocycles. The molecule has 0 unspecified atom stereocenters. The van der Waals surface area contributed by atoms with Gasteiger partial charge in [0.15, 0.2) is 5.82 Å². The van der Waals surface area contributed by atoms with E-state index in [4.69, 9.17) is 0 Å².